The molecule has 0 spiro atoms. The Morgan fingerprint density at radius 2 is 2.33 bits per heavy atom. The van der Waals surface area contributed by atoms with Gasteiger partial charge in [0.2, 0.25) is 0 Å². The topological polar surface area (TPSA) is 89.6 Å². The van der Waals surface area contributed by atoms with Gasteiger partial charge < -0.3 is 19.4 Å². The molecule has 2 aromatic heterocycles. The molecule has 3 rings (SSSR count). The molecule has 3 heterocycles. The van der Waals surface area contributed by atoms with Crippen LogP contribution in [0.1, 0.15) is 17.0 Å². The molecule has 128 valence electrons. The number of hydrogen-bond acceptors (Lipinski definition) is 6. The molecule has 1 atom stereocenters. The van der Waals surface area contributed by atoms with E-state index in [1.54, 1.807) is 31.4 Å². The smallest absolute Gasteiger partial charge is 0.287 e. The normalized spacial score (nSPS) is 17.1. The molecule has 1 aliphatic rings. The molecule has 24 heavy (non-hydrogen) atoms. The molecule has 1 fully saturated rings. The highest BCUT2D eigenvalue weighted by Gasteiger charge is 2.24. The number of nitrogens with zero attached hydrogens (tertiary/aromatic N) is 3. The van der Waals surface area contributed by atoms with Crippen LogP contribution in [-0.4, -0.2) is 42.4 Å². The van der Waals surface area contributed by atoms with Crippen LogP contribution < -0.4 is 20.5 Å². The molecule has 0 aliphatic carbocycles. The van der Waals surface area contributed by atoms with Crippen molar-refractivity contribution in [1.29, 1.82) is 0 Å². The Bertz CT molecular complexity index is 782. The lowest BCUT2D eigenvalue weighted by molar-refractivity contribution is 0.0914. The molecule has 8 nitrogen and oxygen atoms in total. The number of aryl methyl sites for hydroxylation is 1. The van der Waals surface area contributed by atoms with Crippen molar-refractivity contribution in [3.8, 4) is 5.95 Å². The van der Waals surface area contributed by atoms with Crippen molar-refractivity contribution in [2.45, 2.75) is 6.42 Å². The minimum absolute atomic E-state index is 0.129. The molecule has 1 saturated heterocycles. The van der Waals surface area contributed by atoms with Crippen molar-refractivity contribution in [3.05, 3.63) is 40.5 Å². The number of carbonyl (C=O) groups is 1. The van der Waals surface area contributed by atoms with Crippen LogP contribution in [0.25, 0.3) is 0 Å². The Labute approximate surface area is 139 Å². The van der Waals surface area contributed by atoms with Crippen LogP contribution in [-0.2, 0) is 7.05 Å². The highest BCUT2D eigenvalue weighted by atomic mass is 16.6. The maximum Gasteiger partial charge on any atom is 0.287 e. The molecule has 0 aromatic carbocycles. The molecule has 0 saturated carbocycles. The SMILES string of the molecule is COc1ccc(C(=O)NCC2CCN(c3cnn(C)c(=O)c3)C2)o1. The summed E-state index contributed by atoms with van der Waals surface area (Å²) < 4.78 is 11.5. The highest BCUT2D eigenvalue weighted by molar-refractivity contribution is 5.91. The van der Waals surface area contributed by atoms with Crippen LogP contribution in [0.2, 0.25) is 0 Å². The van der Waals surface area contributed by atoms with Crippen LogP contribution in [0, 0.1) is 5.92 Å². The lowest BCUT2D eigenvalue weighted by atomic mass is 10.1. The number of amides is 1. The van der Waals surface area contributed by atoms with E-state index < -0.39 is 0 Å². The largest absolute Gasteiger partial charge is 0.468 e. The molecular weight excluding hydrogens is 312 g/mol. The van der Waals surface area contributed by atoms with Gasteiger partial charge in [-0.05, 0) is 18.4 Å². The number of furan rings is 1. The third-order valence-corrected chi connectivity index (χ3v) is 4.16. The fourth-order valence-electron chi connectivity index (χ4n) is 2.74. The van der Waals surface area contributed by atoms with Crippen LogP contribution in [0.3, 0.4) is 0 Å². The summed E-state index contributed by atoms with van der Waals surface area (Å²) in [5, 5.41) is 6.92. The summed E-state index contributed by atoms with van der Waals surface area (Å²) in [5.41, 5.74) is 0.693. The Balaban J connectivity index is 1.53. The molecule has 0 bridgehead atoms. The molecule has 1 unspecified atom stereocenters. The van der Waals surface area contributed by atoms with E-state index >= 15 is 0 Å². The maximum atomic E-state index is 12.0. The monoisotopic (exact) mass is 332 g/mol. The van der Waals surface area contributed by atoms with E-state index in [4.69, 9.17) is 9.15 Å². The third kappa shape index (κ3) is 3.42. The molecule has 1 amide bonds. The Kier molecular flexibility index (Phi) is 4.54. The van der Waals surface area contributed by atoms with Crippen molar-refractivity contribution >= 4 is 11.6 Å². The van der Waals surface area contributed by atoms with Gasteiger partial charge in [0.15, 0.2) is 5.76 Å². The van der Waals surface area contributed by atoms with Crippen LogP contribution in [0.5, 0.6) is 5.95 Å². The third-order valence-electron chi connectivity index (χ3n) is 4.16. The molecule has 1 aliphatic heterocycles. The van der Waals surface area contributed by atoms with Gasteiger partial charge in [0.05, 0.1) is 19.0 Å². The average molecular weight is 332 g/mol. The van der Waals surface area contributed by atoms with E-state index in [-0.39, 0.29) is 17.2 Å². The zero-order valence-electron chi connectivity index (χ0n) is 13.7. The number of methoxy groups -OCH3 is 1. The zero-order valence-corrected chi connectivity index (χ0v) is 13.7. The zero-order chi connectivity index (χ0) is 17.1. The van der Waals surface area contributed by atoms with Gasteiger partial charge in [0, 0.05) is 38.8 Å². The van der Waals surface area contributed by atoms with E-state index in [0.717, 1.165) is 25.2 Å². The van der Waals surface area contributed by atoms with Gasteiger partial charge in [-0.15, -0.1) is 0 Å². The first kappa shape index (κ1) is 16.1. The van der Waals surface area contributed by atoms with Gasteiger partial charge in [-0.25, -0.2) is 4.68 Å². The molecule has 8 heteroatoms. The van der Waals surface area contributed by atoms with Gasteiger partial charge in [-0.1, -0.05) is 0 Å². The van der Waals surface area contributed by atoms with Crippen LogP contribution in [0.15, 0.2) is 33.6 Å². The summed E-state index contributed by atoms with van der Waals surface area (Å²) in [5.74, 6) is 0.602. The Morgan fingerprint density at radius 3 is 3.04 bits per heavy atom. The number of ether oxygens (including phenoxy) is 1. The number of hydrogen-bond donors (Lipinski definition) is 1. The van der Waals surface area contributed by atoms with E-state index in [1.807, 2.05) is 0 Å². The quantitative estimate of drug-likeness (QED) is 0.864. The summed E-state index contributed by atoms with van der Waals surface area (Å²) in [6, 6.07) is 4.78. The number of anilines is 1. The highest BCUT2D eigenvalue weighted by Crippen LogP contribution is 2.22. The number of rotatable bonds is 5. The Morgan fingerprint density at radius 1 is 1.50 bits per heavy atom. The minimum atomic E-state index is -0.257. The van der Waals surface area contributed by atoms with Gasteiger partial charge >= 0.3 is 0 Å². The van der Waals surface area contributed by atoms with Crippen molar-refractivity contribution in [1.82, 2.24) is 15.1 Å². The first-order valence-corrected chi connectivity index (χ1v) is 7.77. The summed E-state index contributed by atoms with van der Waals surface area (Å²) in [6.45, 7) is 2.16. The molecule has 0 radical (unpaired) electrons. The average Bonchev–Trinajstić information content (AvgIpc) is 3.24. The number of nitrogens with one attached hydrogen (secondary N) is 1. The van der Waals surface area contributed by atoms with Gasteiger partial charge in [-0.2, -0.15) is 5.10 Å². The fraction of sp³-hybridized carbons (Fsp3) is 0.438. The minimum Gasteiger partial charge on any atom is -0.468 e. The van der Waals surface area contributed by atoms with Crippen LogP contribution in [0.4, 0.5) is 5.69 Å². The first-order valence-electron chi connectivity index (χ1n) is 7.77. The first-order chi connectivity index (χ1) is 11.6. The molecule has 2 aromatic rings. The number of carbonyl (C=O) groups excluding carboxylic acids is 1. The molecular formula is C16H20N4O4. The Hall–Kier alpha value is -2.77. The second-order valence-electron chi connectivity index (χ2n) is 5.81. The van der Waals surface area contributed by atoms with Crippen molar-refractivity contribution in [2.24, 2.45) is 13.0 Å². The summed E-state index contributed by atoms with van der Waals surface area (Å²) in [7, 11) is 3.11. The predicted molar refractivity (Wildman–Crippen MR) is 87.4 cm³/mol. The predicted octanol–water partition coefficient (Wildman–Crippen LogP) is 0.638. The van der Waals surface area contributed by atoms with Crippen molar-refractivity contribution in [2.75, 3.05) is 31.6 Å². The fourth-order valence-corrected chi connectivity index (χ4v) is 2.74. The lowest BCUT2D eigenvalue weighted by Crippen LogP contribution is -2.31. The number of aromatic nitrogens is 2. The summed E-state index contributed by atoms with van der Waals surface area (Å²) >= 11 is 0. The van der Waals surface area contributed by atoms with E-state index in [1.165, 1.54) is 11.8 Å². The summed E-state index contributed by atoms with van der Waals surface area (Å²) in [6.07, 6.45) is 2.63. The van der Waals surface area contributed by atoms with Gasteiger partial charge in [0.1, 0.15) is 0 Å². The van der Waals surface area contributed by atoms with E-state index in [9.17, 15) is 9.59 Å². The van der Waals surface area contributed by atoms with Crippen molar-refractivity contribution in [3.63, 3.8) is 0 Å². The standard InChI is InChI=1S/C16H20N4O4/c1-19-14(21)7-12(9-18-19)20-6-5-11(10-20)8-17-16(22)13-3-4-15(23-2)24-13/h3-4,7,9,11H,5-6,8,10H2,1-2H3,(H,17,22). The maximum absolute atomic E-state index is 12.0. The van der Waals surface area contributed by atoms with Gasteiger partial charge in [-0.3, -0.25) is 9.59 Å². The van der Waals surface area contributed by atoms with Crippen LogP contribution >= 0.6 is 0 Å². The summed E-state index contributed by atoms with van der Waals surface area (Å²) in [4.78, 5) is 25.8. The second kappa shape index (κ2) is 6.77. The second-order valence-corrected chi connectivity index (χ2v) is 5.81. The van der Waals surface area contributed by atoms with Crippen molar-refractivity contribution < 1.29 is 13.9 Å². The lowest BCUT2D eigenvalue weighted by Gasteiger charge is -2.18. The van der Waals surface area contributed by atoms with E-state index in [2.05, 4.69) is 15.3 Å². The van der Waals surface area contributed by atoms with E-state index in [0.29, 0.717) is 18.4 Å². The van der Waals surface area contributed by atoms with Gasteiger partial charge in [0.25, 0.3) is 17.4 Å². The molecule has 1 N–H and O–H groups in total.